The lowest BCUT2D eigenvalue weighted by molar-refractivity contribution is 0.788. The monoisotopic (exact) mass is 222 g/mol. The van der Waals surface area contributed by atoms with Crippen LogP contribution in [0, 0.1) is 0 Å². The van der Waals surface area contributed by atoms with Crippen molar-refractivity contribution in [3.05, 3.63) is 29.8 Å². The topological polar surface area (TPSA) is 29.3 Å². The van der Waals surface area contributed by atoms with E-state index < -0.39 is 0 Å². The summed E-state index contributed by atoms with van der Waals surface area (Å²) in [7, 11) is 0. The standard InChI is InChI=1S/C12H18N2S/c1-10(13)11-4-2-3-5-12(11)14-6-8-15-9-7-14/h2-5,10H,6-9,13H2,1H3/t10-/m1/s1. The Bertz CT molecular complexity index is 319. The van der Waals surface area contributed by atoms with E-state index in [-0.39, 0.29) is 6.04 Å². The van der Waals surface area contributed by atoms with Crippen molar-refractivity contribution in [2.75, 3.05) is 29.5 Å². The molecule has 82 valence electrons. The molecule has 1 saturated heterocycles. The van der Waals surface area contributed by atoms with E-state index in [2.05, 4.69) is 36.1 Å². The molecule has 0 amide bonds. The highest BCUT2D eigenvalue weighted by molar-refractivity contribution is 7.99. The Morgan fingerprint density at radius 3 is 2.60 bits per heavy atom. The number of anilines is 1. The first-order valence-corrected chi connectivity index (χ1v) is 6.61. The summed E-state index contributed by atoms with van der Waals surface area (Å²) in [5.41, 5.74) is 8.58. The third-order valence-electron chi connectivity index (χ3n) is 2.78. The van der Waals surface area contributed by atoms with Crippen molar-refractivity contribution < 1.29 is 0 Å². The number of benzene rings is 1. The molecule has 0 saturated carbocycles. The lowest BCUT2D eigenvalue weighted by atomic mass is 10.1. The molecular formula is C12H18N2S. The van der Waals surface area contributed by atoms with Gasteiger partial charge in [-0.05, 0) is 18.6 Å². The predicted octanol–water partition coefficient (Wildman–Crippen LogP) is 2.26. The van der Waals surface area contributed by atoms with Crippen molar-refractivity contribution in [3.8, 4) is 0 Å². The Labute approximate surface area is 95.8 Å². The van der Waals surface area contributed by atoms with Crippen molar-refractivity contribution in [1.29, 1.82) is 0 Å². The minimum atomic E-state index is 0.121. The number of hydrogen-bond acceptors (Lipinski definition) is 3. The SMILES string of the molecule is C[C@@H](N)c1ccccc1N1CCSCC1. The Kier molecular flexibility index (Phi) is 3.54. The molecule has 2 N–H and O–H groups in total. The molecule has 0 spiro atoms. The summed E-state index contributed by atoms with van der Waals surface area (Å²) in [4.78, 5) is 2.45. The van der Waals surface area contributed by atoms with Crippen LogP contribution in [0.25, 0.3) is 0 Å². The molecule has 0 radical (unpaired) electrons. The number of nitrogens with zero attached hydrogens (tertiary/aromatic N) is 1. The molecule has 1 atom stereocenters. The number of nitrogens with two attached hydrogens (primary N) is 1. The van der Waals surface area contributed by atoms with Crippen molar-refractivity contribution in [1.82, 2.24) is 0 Å². The molecule has 2 rings (SSSR count). The first-order valence-electron chi connectivity index (χ1n) is 5.46. The summed E-state index contributed by atoms with van der Waals surface area (Å²) in [5.74, 6) is 2.46. The van der Waals surface area contributed by atoms with E-state index in [4.69, 9.17) is 5.73 Å². The van der Waals surface area contributed by atoms with Crippen molar-refractivity contribution in [2.24, 2.45) is 5.73 Å². The second-order valence-corrected chi connectivity index (χ2v) is 5.17. The third kappa shape index (κ3) is 2.47. The molecule has 1 aliphatic heterocycles. The molecule has 0 bridgehead atoms. The lowest BCUT2D eigenvalue weighted by Gasteiger charge is -2.31. The Morgan fingerprint density at radius 2 is 1.93 bits per heavy atom. The third-order valence-corrected chi connectivity index (χ3v) is 3.72. The van der Waals surface area contributed by atoms with Gasteiger partial charge in [0, 0.05) is 36.3 Å². The number of hydrogen-bond donors (Lipinski definition) is 1. The Balaban J connectivity index is 2.25. The summed E-state index contributed by atoms with van der Waals surface area (Å²) in [5, 5.41) is 0. The quantitative estimate of drug-likeness (QED) is 0.832. The van der Waals surface area contributed by atoms with Gasteiger partial charge in [0.1, 0.15) is 0 Å². The maximum Gasteiger partial charge on any atom is 0.0415 e. The van der Waals surface area contributed by atoms with Crippen molar-refractivity contribution >= 4 is 17.4 Å². The van der Waals surface area contributed by atoms with Gasteiger partial charge in [-0.15, -0.1) is 0 Å². The molecule has 1 aromatic rings. The van der Waals surface area contributed by atoms with Crippen molar-refractivity contribution in [3.63, 3.8) is 0 Å². The molecule has 15 heavy (non-hydrogen) atoms. The average molecular weight is 222 g/mol. The normalized spacial score (nSPS) is 18.9. The first-order chi connectivity index (χ1) is 7.29. The molecular weight excluding hydrogens is 204 g/mol. The number of rotatable bonds is 2. The minimum absolute atomic E-state index is 0.121. The summed E-state index contributed by atoms with van der Waals surface area (Å²) >= 11 is 2.03. The van der Waals surface area contributed by atoms with Gasteiger partial charge < -0.3 is 10.6 Å². The van der Waals surface area contributed by atoms with Gasteiger partial charge in [0.15, 0.2) is 0 Å². The number of para-hydroxylation sites is 1. The van der Waals surface area contributed by atoms with Crippen LogP contribution < -0.4 is 10.6 Å². The smallest absolute Gasteiger partial charge is 0.0415 e. The van der Waals surface area contributed by atoms with Gasteiger partial charge >= 0.3 is 0 Å². The zero-order valence-electron chi connectivity index (χ0n) is 9.15. The Morgan fingerprint density at radius 1 is 1.27 bits per heavy atom. The highest BCUT2D eigenvalue weighted by atomic mass is 32.2. The highest BCUT2D eigenvalue weighted by Gasteiger charge is 2.15. The van der Waals surface area contributed by atoms with Crippen LogP contribution in [0.2, 0.25) is 0 Å². The molecule has 1 aliphatic rings. The fraction of sp³-hybridized carbons (Fsp3) is 0.500. The molecule has 2 nitrogen and oxygen atoms in total. The second-order valence-electron chi connectivity index (χ2n) is 3.95. The van der Waals surface area contributed by atoms with E-state index in [1.807, 2.05) is 11.8 Å². The Hall–Kier alpha value is -0.670. The van der Waals surface area contributed by atoms with E-state index in [1.54, 1.807) is 0 Å². The van der Waals surface area contributed by atoms with Crippen LogP contribution in [0.1, 0.15) is 18.5 Å². The molecule has 0 aliphatic carbocycles. The zero-order chi connectivity index (χ0) is 10.7. The van der Waals surface area contributed by atoms with Gasteiger partial charge in [0.2, 0.25) is 0 Å². The van der Waals surface area contributed by atoms with Crippen LogP contribution in [-0.4, -0.2) is 24.6 Å². The van der Waals surface area contributed by atoms with Crippen LogP contribution in [0.3, 0.4) is 0 Å². The largest absolute Gasteiger partial charge is 0.370 e. The summed E-state index contributed by atoms with van der Waals surface area (Å²) in [6.45, 7) is 4.35. The van der Waals surface area contributed by atoms with Gasteiger partial charge in [0.25, 0.3) is 0 Å². The van der Waals surface area contributed by atoms with Gasteiger partial charge in [0.05, 0.1) is 0 Å². The predicted molar refractivity (Wildman–Crippen MR) is 68.6 cm³/mol. The van der Waals surface area contributed by atoms with Gasteiger partial charge in [-0.25, -0.2) is 0 Å². The lowest BCUT2D eigenvalue weighted by Crippen LogP contribution is -2.33. The van der Waals surface area contributed by atoms with Crippen LogP contribution >= 0.6 is 11.8 Å². The molecule has 1 aromatic carbocycles. The van der Waals surface area contributed by atoms with E-state index in [0.717, 1.165) is 13.1 Å². The molecule has 3 heteroatoms. The first kappa shape index (κ1) is 10.8. The summed E-state index contributed by atoms with van der Waals surface area (Å²) in [6, 6.07) is 8.62. The van der Waals surface area contributed by atoms with E-state index >= 15 is 0 Å². The van der Waals surface area contributed by atoms with Gasteiger partial charge in [-0.2, -0.15) is 11.8 Å². The van der Waals surface area contributed by atoms with Gasteiger partial charge in [-0.3, -0.25) is 0 Å². The summed E-state index contributed by atoms with van der Waals surface area (Å²) in [6.07, 6.45) is 0. The summed E-state index contributed by atoms with van der Waals surface area (Å²) < 4.78 is 0. The minimum Gasteiger partial charge on any atom is -0.370 e. The molecule has 1 heterocycles. The zero-order valence-corrected chi connectivity index (χ0v) is 9.96. The van der Waals surface area contributed by atoms with Crippen LogP contribution in [-0.2, 0) is 0 Å². The van der Waals surface area contributed by atoms with E-state index in [9.17, 15) is 0 Å². The molecule has 0 unspecified atom stereocenters. The maximum atomic E-state index is 5.99. The number of thioether (sulfide) groups is 1. The average Bonchev–Trinajstić information content (AvgIpc) is 2.30. The highest BCUT2D eigenvalue weighted by Crippen LogP contribution is 2.26. The van der Waals surface area contributed by atoms with Gasteiger partial charge in [-0.1, -0.05) is 18.2 Å². The molecule has 1 fully saturated rings. The van der Waals surface area contributed by atoms with Crippen LogP contribution in [0.4, 0.5) is 5.69 Å². The van der Waals surface area contributed by atoms with Crippen LogP contribution in [0.15, 0.2) is 24.3 Å². The van der Waals surface area contributed by atoms with E-state index in [1.165, 1.54) is 22.8 Å². The fourth-order valence-corrected chi connectivity index (χ4v) is 2.87. The fourth-order valence-electron chi connectivity index (χ4n) is 1.96. The molecule has 0 aromatic heterocycles. The maximum absolute atomic E-state index is 5.99. The van der Waals surface area contributed by atoms with E-state index in [0.29, 0.717) is 0 Å². The van der Waals surface area contributed by atoms with Crippen LogP contribution in [0.5, 0.6) is 0 Å². The van der Waals surface area contributed by atoms with Crippen molar-refractivity contribution in [2.45, 2.75) is 13.0 Å². The second kappa shape index (κ2) is 4.90.